The maximum atomic E-state index is 12.3. The molecule has 1 aliphatic heterocycles. The van der Waals surface area contributed by atoms with Gasteiger partial charge < -0.3 is 5.32 Å². The first kappa shape index (κ1) is 14.7. The average Bonchev–Trinajstić information content (AvgIpc) is 2.99. The Bertz CT molecular complexity index is 738. The van der Waals surface area contributed by atoms with E-state index in [1.807, 2.05) is 24.6 Å². The number of hydrogen-bond acceptors (Lipinski definition) is 5. The smallest absolute Gasteiger partial charge is 0.242 e. The van der Waals surface area contributed by atoms with Crippen LogP contribution in [0.5, 0.6) is 0 Å². The maximum absolute atomic E-state index is 12.3. The van der Waals surface area contributed by atoms with Gasteiger partial charge in [0.05, 0.1) is 29.4 Å². The van der Waals surface area contributed by atoms with E-state index in [-0.39, 0.29) is 6.54 Å². The molecule has 0 aliphatic carbocycles. The molecule has 1 aliphatic rings. The van der Waals surface area contributed by atoms with E-state index in [4.69, 9.17) is 0 Å². The Morgan fingerprint density at radius 2 is 2.24 bits per heavy atom. The third kappa shape index (κ3) is 3.03. The molecule has 3 heterocycles. The van der Waals surface area contributed by atoms with Crippen LogP contribution in [0.4, 0.5) is 0 Å². The highest BCUT2D eigenvalue weighted by atomic mass is 32.2. The Balaban J connectivity index is 1.75. The lowest BCUT2D eigenvalue weighted by Crippen LogP contribution is -2.28. The predicted molar refractivity (Wildman–Crippen MR) is 81.8 cm³/mol. The van der Waals surface area contributed by atoms with Gasteiger partial charge in [-0.05, 0) is 26.0 Å². The summed E-state index contributed by atoms with van der Waals surface area (Å²) in [5.41, 5.74) is 1.85. The molecule has 0 amide bonds. The van der Waals surface area contributed by atoms with Gasteiger partial charge in [-0.1, -0.05) is 0 Å². The number of thiophene rings is 1. The quantitative estimate of drug-likeness (QED) is 0.883. The zero-order valence-corrected chi connectivity index (χ0v) is 13.6. The third-order valence-corrected chi connectivity index (χ3v) is 6.07. The minimum atomic E-state index is -3.47. The molecule has 0 saturated carbocycles. The van der Waals surface area contributed by atoms with E-state index < -0.39 is 10.0 Å². The lowest BCUT2D eigenvalue weighted by molar-refractivity contribution is 0.473. The van der Waals surface area contributed by atoms with Gasteiger partial charge in [-0.15, -0.1) is 11.3 Å². The van der Waals surface area contributed by atoms with E-state index in [0.29, 0.717) is 4.90 Å². The number of aromatic nitrogens is 2. The number of aryl methyl sites for hydroxylation is 2. The highest BCUT2D eigenvalue weighted by Crippen LogP contribution is 2.24. The van der Waals surface area contributed by atoms with E-state index in [1.54, 1.807) is 6.07 Å². The van der Waals surface area contributed by atoms with E-state index >= 15 is 0 Å². The van der Waals surface area contributed by atoms with E-state index in [1.165, 1.54) is 11.3 Å². The van der Waals surface area contributed by atoms with Crippen LogP contribution in [0.3, 0.4) is 0 Å². The van der Waals surface area contributed by atoms with Gasteiger partial charge in [-0.25, -0.2) is 13.1 Å². The van der Waals surface area contributed by atoms with Crippen LogP contribution < -0.4 is 10.0 Å². The van der Waals surface area contributed by atoms with Gasteiger partial charge in [0.25, 0.3) is 0 Å². The summed E-state index contributed by atoms with van der Waals surface area (Å²) in [5, 5.41) is 7.69. The van der Waals surface area contributed by atoms with Crippen molar-refractivity contribution in [3.8, 4) is 0 Å². The lowest BCUT2D eigenvalue weighted by Gasteiger charge is -2.13. The standard InChI is InChI=1S/C13H18N4O2S2/c1-9-5-13(10(2)20-9)21(18,19)15-7-11-6-12-8-14-3-4-17(12)16-11/h5-6,14-15H,3-4,7-8H2,1-2H3. The van der Waals surface area contributed by atoms with Gasteiger partial charge >= 0.3 is 0 Å². The van der Waals surface area contributed by atoms with E-state index in [0.717, 1.165) is 40.8 Å². The van der Waals surface area contributed by atoms with Crippen molar-refractivity contribution in [1.29, 1.82) is 0 Å². The molecular weight excluding hydrogens is 308 g/mol. The van der Waals surface area contributed by atoms with Gasteiger partial charge in [0.2, 0.25) is 10.0 Å². The van der Waals surface area contributed by atoms with Crippen molar-refractivity contribution in [2.75, 3.05) is 6.54 Å². The largest absolute Gasteiger partial charge is 0.309 e. The highest BCUT2D eigenvalue weighted by molar-refractivity contribution is 7.89. The summed E-state index contributed by atoms with van der Waals surface area (Å²) in [7, 11) is -3.47. The second kappa shape index (κ2) is 5.53. The molecule has 0 spiro atoms. The van der Waals surface area contributed by atoms with Gasteiger partial charge in [0, 0.05) is 22.8 Å². The van der Waals surface area contributed by atoms with Crippen LogP contribution in [-0.4, -0.2) is 24.7 Å². The molecule has 6 nitrogen and oxygen atoms in total. The van der Waals surface area contributed by atoms with Crippen molar-refractivity contribution in [3.63, 3.8) is 0 Å². The third-order valence-electron chi connectivity index (χ3n) is 3.45. The molecule has 0 atom stereocenters. The molecule has 21 heavy (non-hydrogen) atoms. The van der Waals surface area contributed by atoms with Gasteiger partial charge in [0.15, 0.2) is 0 Å². The second-order valence-electron chi connectivity index (χ2n) is 5.13. The summed E-state index contributed by atoms with van der Waals surface area (Å²) in [6, 6.07) is 3.66. The van der Waals surface area contributed by atoms with Crippen molar-refractivity contribution < 1.29 is 8.42 Å². The summed E-state index contributed by atoms with van der Waals surface area (Å²) >= 11 is 1.49. The summed E-state index contributed by atoms with van der Waals surface area (Å²) in [6.07, 6.45) is 0. The molecule has 2 N–H and O–H groups in total. The lowest BCUT2D eigenvalue weighted by atomic mass is 10.3. The molecule has 0 bridgehead atoms. The van der Waals surface area contributed by atoms with Crippen molar-refractivity contribution in [3.05, 3.63) is 33.3 Å². The van der Waals surface area contributed by atoms with Gasteiger partial charge in [-0.2, -0.15) is 5.10 Å². The summed E-state index contributed by atoms with van der Waals surface area (Å²) in [4.78, 5) is 2.18. The SMILES string of the molecule is Cc1cc(S(=O)(=O)NCc2cc3n(n2)CCNC3)c(C)s1. The minimum absolute atomic E-state index is 0.219. The number of fused-ring (bicyclic) bond motifs is 1. The molecule has 2 aromatic rings. The molecular formula is C13H18N4O2S2. The topological polar surface area (TPSA) is 76.0 Å². The molecule has 8 heteroatoms. The van der Waals surface area contributed by atoms with Crippen LogP contribution in [0, 0.1) is 13.8 Å². The molecule has 3 rings (SSSR count). The molecule has 0 unspecified atom stereocenters. The van der Waals surface area contributed by atoms with E-state index in [9.17, 15) is 8.42 Å². The van der Waals surface area contributed by atoms with Crippen LogP contribution in [0.2, 0.25) is 0 Å². The predicted octanol–water partition coefficient (Wildman–Crippen LogP) is 1.14. The van der Waals surface area contributed by atoms with Crippen LogP contribution in [-0.2, 0) is 29.7 Å². The summed E-state index contributed by atoms with van der Waals surface area (Å²) < 4.78 is 29.2. The second-order valence-corrected chi connectivity index (χ2v) is 8.32. The first-order valence-electron chi connectivity index (χ1n) is 6.79. The van der Waals surface area contributed by atoms with Crippen molar-refractivity contribution in [1.82, 2.24) is 19.8 Å². The fourth-order valence-corrected chi connectivity index (χ4v) is 5.01. The van der Waals surface area contributed by atoms with E-state index in [2.05, 4.69) is 15.1 Å². The van der Waals surface area contributed by atoms with Gasteiger partial charge in [-0.3, -0.25) is 4.68 Å². The van der Waals surface area contributed by atoms with Crippen LogP contribution in [0.15, 0.2) is 17.0 Å². The minimum Gasteiger partial charge on any atom is -0.309 e. The number of nitrogens with one attached hydrogen (secondary N) is 2. The number of hydrogen-bond donors (Lipinski definition) is 2. The van der Waals surface area contributed by atoms with Crippen LogP contribution in [0.1, 0.15) is 21.1 Å². The van der Waals surface area contributed by atoms with Crippen LogP contribution in [0.25, 0.3) is 0 Å². The molecule has 2 aromatic heterocycles. The Labute approximate surface area is 128 Å². The van der Waals surface area contributed by atoms with Crippen molar-refractivity contribution in [2.45, 2.75) is 38.4 Å². The fraction of sp³-hybridized carbons (Fsp3) is 0.462. The van der Waals surface area contributed by atoms with Crippen LogP contribution >= 0.6 is 11.3 Å². The molecule has 0 saturated heterocycles. The first-order chi connectivity index (χ1) is 9.95. The monoisotopic (exact) mass is 326 g/mol. The normalized spacial score (nSPS) is 15.1. The molecule has 114 valence electrons. The summed E-state index contributed by atoms with van der Waals surface area (Å²) in [6.45, 7) is 6.46. The number of rotatable bonds is 4. The first-order valence-corrected chi connectivity index (χ1v) is 9.09. The van der Waals surface area contributed by atoms with Gasteiger partial charge in [0.1, 0.15) is 0 Å². The Morgan fingerprint density at radius 1 is 1.43 bits per heavy atom. The molecule has 0 aromatic carbocycles. The molecule has 0 radical (unpaired) electrons. The number of nitrogens with zero attached hydrogens (tertiary/aromatic N) is 2. The Morgan fingerprint density at radius 3 is 2.90 bits per heavy atom. The zero-order valence-electron chi connectivity index (χ0n) is 12.0. The Kier molecular flexibility index (Phi) is 3.87. The average molecular weight is 326 g/mol. The zero-order chi connectivity index (χ0) is 15.0. The Hall–Kier alpha value is -1.22. The maximum Gasteiger partial charge on any atom is 0.242 e. The molecule has 0 fully saturated rings. The summed E-state index contributed by atoms with van der Waals surface area (Å²) in [5.74, 6) is 0. The highest BCUT2D eigenvalue weighted by Gasteiger charge is 2.20. The van der Waals surface area contributed by atoms with Crippen molar-refractivity contribution in [2.24, 2.45) is 0 Å². The number of sulfonamides is 1. The fourth-order valence-electron chi connectivity index (χ4n) is 2.46. The van der Waals surface area contributed by atoms with Crippen molar-refractivity contribution >= 4 is 21.4 Å².